The standard InChI is InChI=1S/C17H22N4O2/c1-13(22)17(23)20-12-14-6-5-10-19-16(14)21(2)11-8-15-7-3-4-9-18-15/h3-7,9-10,13,22H,8,11-12H2,1-2H3,(H,20,23)/t13-/m1/s1. The lowest BCUT2D eigenvalue weighted by molar-refractivity contribution is -0.128. The Balaban J connectivity index is 1.99. The molecule has 0 saturated heterocycles. The highest BCUT2D eigenvalue weighted by Crippen LogP contribution is 2.16. The molecule has 2 N–H and O–H groups in total. The lowest BCUT2D eigenvalue weighted by Crippen LogP contribution is -2.33. The van der Waals surface area contributed by atoms with Crippen molar-refractivity contribution in [2.75, 3.05) is 18.5 Å². The number of aliphatic hydroxyl groups is 1. The van der Waals surface area contributed by atoms with Crippen LogP contribution in [-0.4, -0.2) is 40.7 Å². The van der Waals surface area contributed by atoms with E-state index in [-0.39, 0.29) is 0 Å². The van der Waals surface area contributed by atoms with E-state index in [9.17, 15) is 9.90 Å². The zero-order valence-electron chi connectivity index (χ0n) is 13.4. The molecular weight excluding hydrogens is 292 g/mol. The Kier molecular flexibility index (Phi) is 6.05. The largest absolute Gasteiger partial charge is 0.384 e. The highest BCUT2D eigenvalue weighted by atomic mass is 16.3. The number of anilines is 1. The molecular formula is C17H22N4O2. The summed E-state index contributed by atoms with van der Waals surface area (Å²) in [7, 11) is 1.96. The summed E-state index contributed by atoms with van der Waals surface area (Å²) in [5.74, 6) is 0.422. The second-order valence-electron chi connectivity index (χ2n) is 5.37. The van der Waals surface area contributed by atoms with Crippen LogP contribution in [0.25, 0.3) is 0 Å². The number of hydrogen-bond acceptors (Lipinski definition) is 5. The second kappa shape index (κ2) is 8.24. The predicted octanol–water partition coefficient (Wildman–Crippen LogP) is 1.15. The fourth-order valence-corrected chi connectivity index (χ4v) is 2.18. The summed E-state index contributed by atoms with van der Waals surface area (Å²) in [5, 5.41) is 11.9. The molecule has 0 aliphatic rings. The molecule has 2 aromatic heterocycles. The summed E-state index contributed by atoms with van der Waals surface area (Å²) < 4.78 is 0. The molecule has 0 fully saturated rings. The maximum absolute atomic E-state index is 11.5. The van der Waals surface area contributed by atoms with E-state index in [0.717, 1.165) is 30.0 Å². The summed E-state index contributed by atoms with van der Waals surface area (Å²) in [6.45, 7) is 2.55. The van der Waals surface area contributed by atoms with E-state index in [1.807, 2.05) is 42.3 Å². The first-order chi connectivity index (χ1) is 11.1. The van der Waals surface area contributed by atoms with Gasteiger partial charge in [0.25, 0.3) is 0 Å². The van der Waals surface area contributed by atoms with E-state index < -0.39 is 12.0 Å². The molecule has 2 rings (SSSR count). The number of carbonyl (C=O) groups is 1. The Bertz CT molecular complexity index is 632. The molecule has 2 heterocycles. The fourth-order valence-electron chi connectivity index (χ4n) is 2.18. The molecule has 1 atom stereocenters. The van der Waals surface area contributed by atoms with Gasteiger partial charge in [0, 0.05) is 50.2 Å². The van der Waals surface area contributed by atoms with Crippen molar-refractivity contribution < 1.29 is 9.90 Å². The molecule has 0 unspecified atom stereocenters. The number of amides is 1. The summed E-state index contributed by atoms with van der Waals surface area (Å²) in [6, 6.07) is 9.62. The quantitative estimate of drug-likeness (QED) is 0.801. The summed E-state index contributed by atoms with van der Waals surface area (Å²) in [4.78, 5) is 22.3. The van der Waals surface area contributed by atoms with Crippen molar-refractivity contribution in [3.05, 3.63) is 54.0 Å². The molecule has 6 nitrogen and oxygen atoms in total. The predicted molar refractivity (Wildman–Crippen MR) is 89.0 cm³/mol. The zero-order valence-corrected chi connectivity index (χ0v) is 13.4. The first kappa shape index (κ1) is 16.9. The van der Waals surface area contributed by atoms with Gasteiger partial charge in [0.2, 0.25) is 5.91 Å². The van der Waals surface area contributed by atoms with Gasteiger partial charge in [-0.15, -0.1) is 0 Å². The number of carbonyl (C=O) groups excluding carboxylic acids is 1. The van der Waals surface area contributed by atoms with Crippen molar-refractivity contribution in [1.82, 2.24) is 15.3 Å². The number of nitrogens with zero attached hydrogens (tertiary/aromatic N) is 3. The van der Waals surface area contributed by atoms with Gasteiger partial charge in [0.05, 0.1) is 0 Å². The molecule has 1 amide bonds. The van der Waals surface area contributed by atoms with Crippen molar-refractivity contribution >= 4 is 11.7 Å². The van der Waals surface area contributed by atoms with E-state index in [1.54, 1.807) is 12.4 Å². The third-order valence-corrected chi connectivity index (χ3v) is 3.49. The molecule has 0 aromatic carbocycles. The first-order valence-corrected chi connectivity index (χ1v) is 7.58. The van der Waals surface area contributed by atoms with Crippen LogP contribution in [-0.2, 0) is 17.8 Å². The maximum Gasteiger partial charge on any atom is 0.248 e. The highest BCUT2D eigenvalue weighted by molar-refractivity contribution is 5.80. The van der Waals surface area contributed by atoms with Crippen LogP contribution < -0.4 is 10.2 Å². The highest BCUT2D eigenvalue weighted by Gasteiger charge is 2.12. The van der Waals surface area contributed by atoms with Gasteiger partial charge in [-0.25, -0.2) is 4.98 Å². The summed E-state index contributed by atoms with van der Waals surface area (Å²) in [5.41, 5.74) is 1.93. The van der Waals surface area contributed by atoms with E-state index >= 15 is 0 Å². The lowest BCUT2D eigenvalue weighted by Gasteiger charge is -2.21. The minimum atomic E-state index is -1.02. The minimum absolute atomic E-state index is 0.334. The number of pyridine rings is 2. The molecule has 23 heavy (non-hydrogen) atoms. The molecule has 0 spiro atoms. The van der Waals surface area contributed by atoms with Crippen LogP contribution in [0.1, 0.15) is 18.2 Å². The van der Waals surface area contributed by atoms with Crippen LogP contribution in [0.5, 0.6) is 0 Å². The zero-order chi connectivity index (χ0) is 16.7. The molecule has 0 radical (unpaired) electrons. The first-order valence-electron chi connectivity index (χ1n) is 7.58. The Morgan fingerprint density at radius 2 is 2.04 bits per heavy atom. The van der Waals surface area contributed by atoms with Crippen molar-refractivity contribution in [1.29, 1.82) is 0 Å². The average Bonchev–Trinajstić information content (AvgIpc) is 2.58. The number of aromatic nitrogens is 2. The van der Waals surface area contributed by atoms with Crippen molar-refractivity contribution in [3.63, 3.8) is 0 Å². The number of hydrogen-bond donors (Lipinski definition) is 2. The molecule has 0 bridgehead atoms. The van der Waals surface area contributed by atoms with Crippen LogP contribution in [0.4, 0.5) is 5.82 Å². The van der Waals surface area contributed by atoms with Crippen molar-refractivity contribution in [3.8, 4) is 0 Å². The molecule has 0 aliphatic heterocycles. The number of likely N-dealkylation sites (N-methyl/N-ethyl adjacent to an activating group) is 1. The number of aliphatic hydroxyl groups excluding tert-OH is 1. The SMILES string of the molecule is C[C@@H](O)C(=O)NCc1cccnc1N(C)CCc1ccccn1. The van der Waals surface area contributed by atoms with E-state index in [1.165, 1.54) is 6.92 Å². The summed E-state index contributed by atoms with van der Waals surface area (Å²) in [6.07, 6.45) is 3.31. The molecule has 0 aliphatic carbocycles. The lowest BCUT2D eigenvalue weighted by atomic mass is 10.2. The number of rotatable bonds is 7. The maximum atomic E-state index is 11.5. The van der Waals surface area contributed by atoms with Crippen LogP contribution in [0.3, 0.4) is 0 Å². The van der Waals surface area contributed by atoms with Crippen LogP contribution in [0.15, 0.2) is 42.7 Å². The Morgan fingerprint density at radius 3 is 2.74 bits per heavy atom. The third-order valence-electron chi connectivity index (χ3n) is 3.49. The van der Waals surface area contributed by atoms with Crippen LogP contribution in [0.2, 0.25) is 0 Å². The Morgan fingerprint density at radius 1 is 1.26 bits per heavy atom. The van der Waals surface area contributed by atoms with Gasteiger partial charge in [-0.3, -0.25) is 9.78 Å². The Labute approximate surface area is 136 Å². The van der Waals surface area contributed by atoms with Gasteiger partial charge < -0.3 is 15.3 Å². The van der Waals surface area contributed by atoms with Gasteiger partial charge in [-0.2, -0.15) is 0 Å². The second-order valence-corrected chi connectivity index (χ2v) is 5.37. The molecule has 122 valence electrons. The van der Waals surface area contributed by atoms with Gasteiger partial charge in [-0.1, -0.05) is 12.1 Å². The van der Waals surface area contributed by atoms with E-state index in [4.69, 9.17) is 0 Å². The monoisotopic (exact) mass is 314 g/mol. The number of nitrogens with one attached hydrogen (secondary N) is 1. The average molecular weight is 314 g/mol. The fraction of sp³-hybridized carbons (Fsp3) is 0.353. The normalized spacial score (nSPS) is 11.8. The van der Waals surface area contributed by atoms with E-state index in [2.05, 4.69) is 15.3 Å². The molecule has 6 heteroatoms. The smallest absolute Gasteiger partial charge is 0.248 e. The van der Waals surface area contributed by atoms with Gasteiger partial charge in [-0.05, 0) is 25.1 Å². The van der Waals surface area contributed by atoms with Gasteiger partial charge in [0.1, 0.15) is 11.9 Å². The molecule has 2 aromatic rings. The van der Waals surface area contributed by atoms with Crippen molar-refractivity contribution in [2.24, 2.45) is 0 Å². The van der Waals surface area contributed by atoms with Gasteiger partial charge in [0.15, 0.2) is 0 Å². The topological polar surface area (TPSA) is 78.3 Å². The summed E-state index contributed by atoms with van der Waals surface area (Å²) >= 11 is 0. The Hall–Kier alpha value is -2.47. The van der Waals surface area contributed by atoms with Gasteiger partial charge >= 0.3 is 0 Å². The van der Waals surface area contributed by atoms with Crippen molar-refractivity contribution in [2.45, 2.75) is 26.0 Å². The van der Waals surface area contributed by atoms with Crippen LogP contribution in [0, 0.1) is 0 Å². The third kappa shape index (κ3) is 5.03. The van der Waals surface area contributed by atoms with E-state index in [0.29, 0.717) is 6.54 Å². The van der Waals surface area contributed by atoms with Crippen LogP contribution >= 0.6 is 0 Å². The molecule has 0 saturated carbocycles. The minimum Gasteiger partial charge on any atom is -0.384 e.